The lowest BCUT2D eigenvalue weighted by molar-refractivity contribution is 0.0696. The van der Waals surface area contributed by atoms with E-state index in [1.807, 2.05) is 0 Å². The fraction of sp³-hybridized carbons (Fsp3) is 0.200. The Morgan fingerprint density at radius 2 is 2.43 bits per heavy atom. The number of aromatic nitrogens is 1. The van der Waals surface area contributed by atoms with Crippen LogP contribution in [0.1, 0.15) is 16.8 Å². The lowest BCUT2D eigenvalue weighted by atomic mass is 10.3. The number of carboxylic acids is 1. The summed E-state index contributed by atoms with van der Waals surface area (Å²) >= 11 is 0. The zero-order valence-corrected chi connectivity index (χ0v) is 7.73. The zero-order chi connectivity index (χ0) is 10.4. The molecule has 0 saturated heterocycles. The van der Waals surface area contributed by atoms with E-state index < -0.39 is 5.97 Å². The molecule has 0 aliphatic rings. The van der Waals surface area contributed by atoms with Gasteiger partial charge in [0.25, 0.3) is 0 Å². The smallest absolute Gasteiger partial charge is 0.337 e. The lowest BCUT2D eigenvalue weighted by Crippen LogP contribution is -2.03. The fourth-order valence-electron chi connectivity index (χ4n) is 0.927. The summed E-state index contributed by atoms with van der Waals surface area (Å²) in [5, 5.41) is 11.7. The number of rotatable bonds is 5. The van der Waals surface area contributed by atoms with Crippen LogP contribution in [0, 0.1) is 0 Å². The van der Waals surface area contributed by atoms with Crippen molar-refractivity contribution in [3.05, 3.63) is 36.5 Å². The van der Waals surface area contributed by atoms with Crippen LogP contribution in [-0.2, 0) is 0 Å². The number of hydrogen-bond donors (Lipinski definition) is 2. The first-order chi connectivity index (χ1) is 6.74. The molecule has 1 rings (SSSR count). The van der Waals surface area contributed by atoms with Gasteiger partial charge < -0.3 is 10.4 Å². The molecule has 0 aliphatic heterocycles. The van der Waals surface area contributed by atoms with E-state index in [4.69, 9.17) is 5.11 Å². The Hall–Kier alpha value is -1.84. The van der Waals surface area contributed by atoms with Crippen LogP contribution < -0.4 is 5.32 Å². The molecule has 1 aromatic rings. The van der Waals surface area contributed by atoms with E-state index in [1.165, 1.54) is 12.3 Å². The van der Waals surface area contributed by atoms with Crippen LogP contribution >= 0.6 is 0 Å². The lowest BCUT2D eigenvalue weighted by Gasteiger charge is -2.02. The van der Waals surface area contributed by atoms with Gasteiger partial charge in [0.05, 0.1) is 5.56 Å². The van der Waals surface area contributed by atoms with E-state index in [1.54, 1.807) is 12.1 Å². The van der Waals surface area contributed by atoms with Crippen molar-refractivity contribution in [2.24, 2.45) is 0 Å². The number of anilines is 1. The molecule has 4 nitrogen and oxygen atoms in total. The Labute approximate surface area is 82.3 Å². The Morgan fingerprint density at radius 3 is 2.93 bits per heavy atom. The van der Waals surface area contributed by atoms with Crippen molar-refractivity contribution in [1.29, 1.82) is 0 Å². The molecule has 4 heteroatoms. The number of carboxylic acid groups (broad SMARTS) is 1. The van der Waals surface area contributed by atoms with Crippen LogP contribution in [0.5, 0.6) is 0 Å². The fourth-order valence-corrected chi connectivity index (χ4v) is 0.927. The van der Waals surface area contributed by atoms with Gasteiger partial charge in [-0.05, 0) is 18.6 Å². The highest BCUT2D eigenvalue weighted by Crippen LogP contribution is 2.04. The monoisotopic (exact) mass is 192 g/mol. The molecule has 0 bridgehead atoms. The Morgan fingerprint density at radius 1 is 1.64 bits per heavy atom. The molecule has 0 aromatic carbocycles. The highest BCUT2D eigenvalue weighted by molar-refractivity contribution is 5.87. The molecule has 1 aromatic heterocycles. The van der Waals surface area contributed by atoms with Crippen molar-refractivity contribution in [1.82, 2.24) is 4.98 Å². The number of pyridine rings is 1. The van der Waals surface area contributed by atoms with Crippen LogP contribution in [-0.4, -0.2) is 22.6 Å². The average molecular weight is 192 g/mol. The highest BCUT2D eigenvalue weighted by atomic mass is 16.4. The third kappa shape index (κ3) is 2.90. The van der Waals surface area contributed by atoms with Gasteiger partial charge in [0.15, 0.2) is 0 Å². The molecule has 74 valence electrons. The third-order valence-electron chi connectivity index (χ3n) is 1.67. The summed E-state index contributed by atoms with van der Waals surface area (Å²) in [4.78, 5) is 14.4. The second kappa shape index (κ2) is 5.01. The van der Waals surface area contributed by atoms with Crippen LogP contribution in [0.3, 0.4) is 0 Å². The molecular weight excluding hydrogens is 180 g/mol. The summed E-state index contributed by atoms with van der Waals surface area (Å²) in [5.41, 5.74) is 0.194. The van der Waals surface area contributed by atoms with Gasteiger partial charge >= 0.3 is 5.97 Å². The predicted octanol–water partition coefficient (Wildman–Crippen LogP) is 1.77. The number of nitrogens with one attached hydrogen (secondary N) is 1. The van der Waals surface area contributed by atoms with Crippen LogP contribution in [0.25, 0.3) is 0 Å². The molecule has 0 unspecified atom stereocenters. The second-order valence-corrected chi connectivity index (χ2v) is 2.74. The third-order valence-corrected chi connectivity index (χ3v) is 1.67. The minimum Gasteiger partial charge on any atom is -0.478 e. The van der Waals surface area contributed by atoms with E-state index in [0.29, 0.717) is 5.82 Å². The standard InChI is InChI=1S/C10H12N2O2/c1-2-3-6-11-9-5-4-8(7-12-9)10(13)14/h2,4-5,7H,1,3,6H2,(H,11,12)(H,13,14). The van der Waals surface area contributed by atoms with Crippen molar-refractivity contribution in [2.45, 2.75) is 6.42 Å². The topological polar surface area (TPSA) is 62.2 Å². The summed E-state index contributed by atoms with van der Waals surface area (Å²) < 4.78 is 0. The van der Waals surface area contributed by atoms with Gasteiger partial charge in [-0.25, -0.2) is 9.78 Å². The SMILES string of the molecule is C=CCCNc1ccc(C(=O)O)cn1. The van der Waals surface area contributed by atoms with E-state index in [2.05, 4.69) is 16.9 Å². The minimum absolute atomic E-state index is 0.194. The molecule has 0 amide bonds. The maximum Gasteiger partial charge on any atom is 0.337 e. The Kier molecular flexibility index (Phi) is 3.67. The Bertz CT molecular complexity index is 319. The van der Waals surface area contributed by atoms with Crippen molar-refractivity contribution in [3.63, 3.8) is 0 Å². The number of nitrogens with zero attached hydrogens (tertiary/aromatic N) is 1. The van der Waals surface area contributed by atoms with Crippen molar-refractivity contribution >= 4 is 11.8 Å². The molecule has 1 heterocycles. The maximum absolute atomic E-state index is 10.5. The molecule has 0 radical (unpaired) electrons. The van der Waals surface area contributed by atoms with Crippen LogP contribution in [0.4, 0.5) is 5.82 Å². The van der Waals surface area contributed by atoms with Gasteiger partial charge in [0.1, 0.15) is 5.82 Å². The average Bonchev–Trinajstić information content (AvgIpc) is 2.19. The first-order valence-corrected chi connectivity index (χ1v) is 4.28. The van der Waals surface area contributed by atoms with Crippen LogP contribution in [0.2, 0.25) is 0 Å². The van der Waals surface area contributed by atoms with E-state index in [9.17, 15) is 4.79 Å². The summed E-state index contributed by atoms with van der Waals surface area (Å²) in [6, 6.07) is 3.16. The molecule has 0 aliphatic carbocycles. The van der Waals surface area contributed by atoms with E-state index in [0.717, 1.165) is 13.0 Å². The molecule has 0 saturated carbocycles. The van der Waals surface area contributed by atoms with Gasteiger partial charge in [-0.15, -0.1) is 6.58 Å². The molecular formula is C10H12N2O2. The van der Waals surface area contributed by atoms with Crippen LogP contribution in [0.15, 0.2) is 31.0 Å². The van der Waals surface area contributed by atoms with Gasteiger partial charge in [0.2, 0.25) is 0 Å². The number of aromatic carboxylic acids is 1. The van der Waals surface area contributed by atoms with Gasteiger partial charge in [-0.2, -0.15) is 0 Å². The van der Waals surface area contributed by atoms with Gasteiger partial charge in [0, 0.05) is 12.7 Å². The van der Waals surface area contributed by atoms with Gasteiger partial charge in [-0.3, -0.25) is 0 Å². The molecule has 14 heavy (non-hydrogen) atoms. The quantitative estimate of drug-likeness (QED) is 0.551. The summed E-state index contributed by atoms with van der Waals surface area (Å²) in [5.74, 6) is -0.285. The predicted molar refractivity (Wildman–Crippen MR) is 54.5 cm³/mol. The molecule has 2 N–H and O–H groups in total. The minimum atomic E-state index is -0.963. The summed E-state index contributed by atoms with van der Waals surface area (Å²) in [6.45, 7) is 4.34. The maximum atomic E-state index is 10.5. The van der Waals surface area contributed by atoms with Crippen molar-refractivity contribution in [3.8, 4) is 0 Å². The second-order valence-electron chi connectivity index (χ2n) is 2.74. The molecule has 0 spiro atoms. The Balaban J connectivity index is 2.55. The largest absolute Gasteiger partial charge is 0.478 e. The highest BCUT2D eigenvalue weighted by Gasteiger charge is 2.01. The van der Waals surface area contributed by atoms with Crippen molar-refractivity contribution < 1.29 is 9.90 Å². The number of hydrogen-bond acceptors (Lipinski definition) is 3. The first kappa shape index (κ1) is 10.2. The van der Waals surface area contributed by atoms with Gasteiger partial charge in [-0.1, -0.05) is 6.08 Å². The van der Waals surface area contributed by atoms with Crippen molar-refractivity contribution in [2.75, 3.05) is 11.9 Å². The number of carbonyl (C=O) groups is 1. The van der Waals surface area contributed by atoms with E-state index in [-0.39, 0.29) is 5.56 Å². The first-order valence-electron chi connectivity index (χ1n) is 4.28. The normalized spacial score (nSPS) is 9.43. The zero-order valence-electron chi connectivity index (χ0n) is 7.73. The summed E-state index contributed by atoms with van der Waals surface area (Å²) in [7, 11) is 0. The summed E-state index contributed by atoms with van der Waals surface area (Å²) in [6.07, 6.45) is 3.99. The molecule has 0 fully saturated rings. The molecule has 0 atom stereocenters. The van der Waals surface area contributed by atoms with E-state index >= 15 is 0 Å².